The van der Waals surface area contributed by atoms with Gasteiger partial charge < -0.3 is 5.11 Å². The molecular weight excluding hydrogens is 284 g/mol. The minimum atomic E-state index is -2.71. The van der Waals surface area contributed by atoms with Crippen LogP contribution in [0.5, 0.6) is 0 Å². The van der Waals surface area contributed by atoms with Crippen LogP contribution in [0.3, 0.4) is 0 Å². The molecule has 0 bridgehead atoms. The Labute approximate surface area is 99.6 Å². The van der Waals surface area contributed by atoms with Crippen LogP contribution in [-0.2, 0) is 16.5 Å². The minimum absolute atomic E-state index is 0.0651. The summed E-state index contributed by atoms with van der Waals surface area (Å²) in [5, 5.41) is 9.01. The summed E-state index contributed by atoms with van der Waals surface area (Å²) in [4.78, 5) is 14.4. The Balaban J connectivity index is 3.24. The lowest BCUT2D eigenvalue weighted by molar-refractivity contribution is -0.136. The zero-order valence-corrected chi connectivity index (χ0v) is 10.1. The molecule has 0 atom stereocenters. The van der Waals surface area contributed by atoms with Gasteiger partial charge in [-0.3, -0.25) is 9.78 Å². The van der Waals surface area contributed by atoms with Crippen molar-refractivity contribution in [3.05, 3.63) is 28.6 Å². The van der Waals surface area contributed by atoms with E-state index in [9.17, 15) is 13.6 Å². The van der Waals surface area contributed by atoms with Crippen LogP contribution in [0.15, 0.2) is 6.07 Å². The summed E-state index contributed by atoms with van der Waals surface area (Å²) in [5.41, 5.74) is 0.842. The van der Waals surface area contributed by atoms with Crippen molar-refractivity contribution in [2.24, 2.45) is 0 Å². The summed E-state index contributed by atoms with van der Waals surface area (Å²) >= 11 is 3.17. The number of rotatable bonds is 4. The first kappa shape index (κ1) is 13.0. The normalized spacial score (nSPS) is 10.8. The van der Waals surface area contributed by atoms with Crippen molar-refractivity contribution in [2.75, 3.05) is 0 Å². The first-order valence-electron chi connectivity index (χ1n) is 4.51. The van der Waals surface area contributed by atoms with Crippen LogP contribution < -0.4 is 0 Å². The van der Waals surface area contributed by atoms with E-state index in [0.717, 1.165) is 0 Å². The molecule has 0 aliphatic rings. The van der Waals surface area contributed by atoms with Crippen LogP contribution in [0.2, 0.25) is 0 Å². The van der Waals surface area contributed by atoms with Gasteiger partial charge in [0.1, 0.15) is 0 Å². The fourth-order valence-electron chi connectivity index (χ4n) is 1.32. The van der Waals surface area contributed by atoms with Crippen LogP contribution in [-0.4, -0.2) is 16.1 Å². The molecule has 1 aromatic rings. The van der Waals surface area contributed by atoms with E-state index < -0.39 is 18.8 Å². The van der Waals surface area contributed by atoms with Gasteiger partial charge >= 0.3 is 5.97 Å². The Bertz CT molecular complexity index is 410. The molecule has 1 heterocycles. The third kappa shape index (κ3) is 2.98. The summed E-state index contributed by atoms with van der Waals surface area (Å²) < 4.78 is 25.4. The molecule has 1 N–H and O–H groups in total. The first-order chi connectivity index (χ1) is 7.45. The summed E-state index contributed by atoms with van der Waals surface area (Å²) in [6, 6.07) is 1.31. The summed E-state index contributed by atoms with van der Waals surface area (Å²) in [6.45, 7) is 1.66. The number of alkyl halides is 3. The number of aromatic nitrogens is 1. The Morgan fingerprint density at radius 2 is 2.25 bits per heavy atom. The van der Waals surface area contributed by atoms with E-state index >= 15 is 0 Å². The predicted octanol–water partition coefficient (Wildman–Crippen LogP) is 2.85. The summed E-state index contributed by atoms with van der Waals surface area (Å²) in [5.74, 6) is -1.17. The first-order valence-corrected chi connectivity index (χ1v) is 5.63. The maximum absolute atomic E-state index is 12.7. The molecule has 0 unspecified atom stereocenters. The van der Waals surface area contributed by atoms with Gasteiger partial charge in [0.25, 0.3) is 6.43 Å². The lowest BCUT2D eigenvalue weighted by Crippen LogP contribution is -2.09. The molecule has 16 heavy (non-hydrogen) atoms. The quantitative estimate of drug-likeness (QED) is 0.869. The average Bonchev–Trinajstić information content (AvgIpc) is 2.16. The van der Waals surface area contributed by atoms with Crippen molar-refractivity contribution in [1.82, 2.24) is 4.98 Å². The number of carboxylic acids is 1. The maximum atomic E-state index is 12.7. The number of carbonyl (C=O) groups is 1. The van der Waals surface area contributed by atoms with Crippen molar-refractivity contribution in [3.8, 4) is 0 Å². The standard InChI is InChI=1S/C10H10BrF2NO2/c1-5-6(4-11)2-7(10(12)13)8(14-5)3-9(15)16/h2,10H,3-4H2,1H3,(H,15,16). The Morgan fingerprint density at radius 1 is 1.62 bits per heavy atom. The molecule has 0 fully saturated rings. The summed E-state index contributed by atoms with van der Waals surface area (Å²) in [6.07, 6.45) is -3.19. The Kier molecular flexibility index (Phi) is 4.35. The van der Waals surface area contributed by atoms with Gasteiger partial charge in [0, 0.05) is 16.6 Å². The highest BCUT2D eigenvalue weighted by atomic mass is 79.9. The number of hydrogen-bond acceptors (Lipinski definition) is 2. The molecular formula is C10H10BrF2NO2. The molecule has 0 saturated carbocycles. The molecule has 1 rings (SSSR count). The van der Waals surface area contributed by atoms with E-state index in [2.05, 4.69) is 20.9 Å². The fourth-order valence-corrected chi connectivity index (χ4v) is 1.89. The van der Waals surface area contributed by atoms with E-state index in [1.807, 2.05) is 0 Å². The molecule has 0 amide bonds. The van der Waals surface area contributed by atoms with Gasteiger partial charge in [0.15, 0.2) is 0 Å². The molecule has 0 radical (unpaired) electrons. The van der Waals surface area contributed by atoms with Gasteiger partial charge in [-0.2, -0.15) is 0 Å². The molecule has 6 heteroatoms. The lowest BCUT2D eigenvalue weighted by atomic mass is 10.1. The van der Waals surface area contributed by atoms with E-state index in [0.29, 0.717) is 16.6 Å². The molecule has 0 aliphatic carbocycles. The van der Waals surface area contributed by atoms with E-state index in [1.54, 1.807) is 6.92 Å². The molecule has 3 nitrogen and oxygen atoms in total. The smallest absolute Gasteiger partial charge is 0.309 e. The Hall–Kier alpha value is -1.04. The number of carboxylic acid groups (broad SMARTS) is 1. The number of halogens is 3. The van der Waals surface area contributed by atoms with Crippen molar-refractivity contribution in [3.63, 3.8) is 0 Å². The highest BCUT2D eigenvalue weighted by Crippen LogP contribution is 2.25. The maximum Gasteiger partial charge on any atom is 0.309 e. The zero-order chi connectivity index (χ0) is 12.3. The number of aryl methyl sites for hydroxylation is 1. The number of pyridine rings is 1. The third-order valence-electron chi connectivity index (χ3n) is 2.13. The highest BCUT2D eigenvalue weighted by molar-refractivity contribution is 9.08. The van der Waals surface area contributed by atoms with Gasteiger partial charge in [-0.25, -0.2) is 8.78 Å². The van der Waals surface area contributed by atoms with Gasteiger partial charge in [0.05, 0.1) is 12.1 Å². The number of aliphatic carboxylic acids is 1. The lowest BCUT2D eigenvalue weighted by Gasteiger charge is -2.10. The zero-order valence-electron chi connectivity index (χ0n) is 8.51. The fraction of sp³-hybridized carbons (Fsp3) is 0.400. The van der Waals surface area contributed by atoms with E-state index in [1.165, 1.54) is 6.07 Å². The van der Waals surface area contributed by atoms with Crippen LogP contribution in [0, 0.1) is 6.92 Å². The SMILES string of the molecule is Cc1nc(CC(=O)O)c(C(F)F)cc1CBr. The van der Waals surface area contributed by atoms with Gasteiger partial charge in [-0.15, -0.1) is 0 Å². The third-order valence-corrected chi connectivity index (χ3v) is 2.73. The van der Waals surface area contributed by atoms with Crippen molar-refractivity contribution in [1.29, 1.82) is 0 Å². The van der Waals surface area contributed by atoms with Crippen LogP contribution in [0.4, 0.5) is 8.78 Å². The van der Waals surface area contributed by atoms with Crippen molar-refractivity contribution < 1.29 is 18.7 Å². The highest BCUT2D eigenvalue weighted by Gasteiger charge is 2.18. The second-order valence-corrected chi connectivity index (χ2v) is 3.83. The molecule has 0 aliphatic heterocycles. The van der Waals surface area contributed by atoms with Crippen molar-refractivity contribution >= 4 is 21.9 Å². The average molecular weight is 294 g/mol. The van der Waals surface area contributed by atoms with E-state index in [-0.39, 0.29) is 11.3 Å². The number of hydrogen-bond donors (Lipinski definition) is 1. The van der Waals surface area contributed by atoms with Crippen LogP contribution in [0.25, 0.3) is 0 Å². The molecule has 0 spiro atoms. The molecule has 0 aromatic carbocycles. The largest absolute Gasteiger partial charge is 0.481 e. The van der Waals surface area contributed by atoms with Crippen LogP contribution >= 0.6 is 15.9 Å². The molecule has 1 aromatic heterocycles. The monoisotopic (exact) mass is 293 g/mol. The molecule has 88 valence electrons. The van der Waals surface area contributed by atoms with Gasteiger partial charge in [-0.1, -0.05) is 15.9 Å². The molecule has 0 saturated heterocycles. The van der Waals surface area contributed by atoms with Crippen LogP contribution in [0.1, 0.15) is 28.9 Å². The number of nitrogens with zero attached hydrogens (tertiary/aromatic N) is 1. The van der Waals surface area contributed by atoms with Crippen molar-refractivity contribution in [2.45, 2.75) is 25.1 Å². The summed E-state index contributed by atoms with van der Waals surface area (Å²) in [7, 11) is 0. The minimum Gasteiger partial charge on any atom is -0.481 e. The Morgan fingerprint density at radius 3 is 2.69 bits per heavy atom. The second-order valence-electron chi connectivity index (χ2n) is 3.27. The van der Waals surface area contributed by atoms with E-state index in [4.69, 9.17) is 5.11 Å². The van der Waals surface area contributed by atoms with Gasteiger partial charge in [0.2, 0.25) is 0 Å². The second kappa shape index (κ2) is 5.34. The van der Waals surface area contributed by atoms with Gasteiger partial charge in [-0.05, 0) is 18.6 Å². The predicted molar refractivity (Wildman–Crippen MR) is 57.9 cm³/mol. The topological polar surface area (TPSA) is 50.2 Å².